The molecule has 0 aromatic heterocycles. The topological polar surface area (TPSA) is 21.8 Å². The summed E-state index contributed by atoms with van der Waals surface area (Å²) in [6, 6.07) is 0. The van der Waals surface area contributed by atoms with Crippen molar-refractivity contribution in [2.24, 2.45) is 0 Å². The van der Waals surface area contributed by atoms with Crippen LogP contribution in [0.15, 0.2) is 12.2 Å². The SMILES string of the molecule is C=C(CC)C[C@H](C[C@H]1CO1)O[Si](C)(C)C(C)(C)C. The van der Waals surface area contributed by atoms with Crippen LogP contribution in [0.1, 0.15) is 47.0 Å². The van der Waals surface area contributed by atoms with Gasteiger partial charge in [0.15, 0.2) is 8.32 Å². The molecule has 0 aromatic carbocycles. The van der Waals surface area contributed by atoms with Crippen LogP contribution < -0.4 is 0 Å². The van der Waals surface area contributed by atoms with Crippen LogP contribution in [-0.2, 0) is 9.16 Å². The van der Waals surface area contributed by atoms with Crippen molar-refractivity contribution in [3.63, 3.8) is 0 Å². The quantitative estimate of drug-likeness (QED) is 0.385. The van der Waals surface area contributed by atoms with Crippen LogP contribution in [0.4, 0.5) is 0 Å². The van der Waals surface area contributed by atoms with Gasteiger partial charge >= 0.3 is 0 Å². The zero-order valence-electron chi connectivity index (χ0n) is 13.0. The maximum absolute atomic E-state index is 6.52. The number of epoxide rings is 1. The average molecular weight is 270 g/mol. The summed E-state index contributed by atoms with van der Waals surface area (Å²) < 4.78 is 11.9. The molecule has 3 heteroatoms. The predicted octanol–water partition coefficient (Wildman–Crippen LogP) is 4.52. The van der Waals surface area contributed by atoms with E-state index in [1.165, 1.54) is 5.57 Å². The largest absolute Gasteiger partial charge is 0.414 e. The Morgan fingerprint density at radius 1 is 1.44 bits per heavy atom. The molecule has 0 amide bonds. The summed E-state index contributed by atoms with van der Waals surface area (Å²) in [5, 5.41) is 0.267. The first-order valence-electron chi connectivity index (χ1n) is 7.11. The lowest BCUT2D eigenvalue weighted by molar-refractivity contribution is 0.158. The van der Waals surface area contributed by atoms with E-state index in [0.717, 1.165) is 25.9 Å². The van der Waals surface area contributed by atoms with Crippen LogP contribution in [0.5, 0.6) is 0 Å². The van der Waals surface area contributed by atoms with Crippen molar-refractivity contribution in [1.82, 2.24) is 0 Å². The van der Waals surface area contributed by atoms with Crippen molar-refractivity contribution in [1.29, 1.82) is 0 Å². The maximum atomic E-state index is 6.52. The van der Waals surface area contributed by atoms with Gasteiger partial charge in [0.2, 0.25) is 0 Å². The molecule has 0 bridgehead atoms. The highest BCUT2D eigenvalue weighted by molar-refractivity contribution is 6.74. The fourth-order valence-electron chi connectivity index (χ4n) is 1.73. The van der Waals surface area contributed by atoms with Crippen molar-refractivity contribution in [3.05, 3.63) is 12.2 Å². The summed E-state index contributed by atoms with van der Waals surface area (Å²) in [5.74, 6) is 0. The van der Waals surface area contributed by atoms with Crippen LogP contribution >= 0.6 is 0 Å². The average Bonchev–Trinajstić information content (AvgIpc) is 2.98. The van der Waals surface area contributed by atoms with Crippen LogP contribution in [0.2, 0.25) is 18.1 Å². The van der Waals surface area contributed by atoms with Gasteiger partial charge in [-0.25, -0.2) is 0 Å². The molecule has 1 rings (SSSR count). The highest BCUT2D eigenvalue weighted by Gasteiger charge is 2.40. The molecule has 0 radical (unpaired) electrons. The fourth-order valence-corrected chi connectivity index (χ4v) is 3.10. The zero-order valence-corrected chi connectivity index (χ0v) is 14.0. The maximum Gasteiger partial charge on any atom is 0.192 e. The molecule has 0 N–H and O–H groups in total. The van der Waals surface area contributed by atoms with E-state index in [1.807, 2.05) is 0 Å². The number of rotatable bonds is 7. The van der Waals surface area contributed by atoms with E-state index in [4.69, 9.17) is 9.16 Å². The zero-order chi connectivity index (χ0) is 14.0. The number of hydrogen-bond acceptors (Lipinski definition) is 2. The van der Waals surface area contributed by atoms with E-state index in [-0.39, 0.29) is 5.04 Å². The second-order valence-electron chi connectivity index (χ2n) is 7.00. The minimum Gasteiger partial charge on any atom is -0.414 e. The molecule has 0 spiro atoms. The Morgan fingerprint density at radius 2 is 2.00 bits per heavy atom. The minimum atomic E-state index is -1.68. The molecule has 1 aliphatic heterocycles. The molecule has 1 heterocycles. The van der Waals surface area contributed by atoms with Gasteiger partial charge in [-0.2, -0.15) is 0 Å². The van der Waals surface area contributed by atoms with E-state index in [9.17, 15) is 0 Å². The molecule has 1 fully saturated rings. The van der Waals surface area contributed by atoms with E-state index in [1.54, 1.807) is 0 Å². The molecule has 0 aliphatic carbocycles. The second-order valence-corrected chi connectivity index (χ2v) is 11.8. The van der Waals surface area contributed by atoms with Crippen molar-refractivity contribution in [2.45, 2.75) is 77.3 Å². The molecule has 2 atom stereocenters. The van der Waals surface area contributed by atoms with Gasteiger partial charge in [0.05, 0.1) is 18.8 Å². The molecule has 1 aliphatic rings. The van der Waals surface area contributed by atoms with Gasteiger partial charge in [-0.15, -0.1) is 0 Å². The first kappa shape index (κ1) is 15.9. The lowest BCUT2D eigenvalue weighted by atomic mass is 10.0. The molecule has 0 saturated carbocycles. The summed E-state index contributed by atoms with van der Waals surface area (Å²) in [5.41, 5.74) is 1.29. The number of hydrogen-bond donors (Lipinski definition) is 0. The van der Waals surface area contributed by atoms with E-state index in [2.05, 4.69) is 47.4 Å². The van der Waals surface area contributed by atoms with E-state index in [0.29, 0.717) is 12.2 Å². The molecular formula is C15H30O2Si. The smallest absolute Gasteiger partial charge is 0.192 e. The van der Waals surface area contributed by atoms with Gasteiger partial charge < -0.3 is 9.16 Å². The Balaban J connectivity index is 2.61. The van der Waals surface area contributed by atoms with Gasteiger partial charge in [0.25, 0.3) is 0 Å². The second kappa shape index (κ2) is 5.89. The summed E-state index contributed by atoms with van der Waals surface area (Å²) in [6.45, 7) is 18.7. The third-order valence-electron chi connectivity index (χ3n) is 4.21. The highest BCUT2D eigenvalue weighted by Crippen LogP contribution is 2.39. The van der Waals surface area contributed by atoms with Gasteiger partial charge in [-0.05, 0) is 31.0 Å². The van der Waals surface area contributed by atoms with E-state index < -0.39 is 8.32 Å². The Morgan fingerprint density at radius 3 is 2.39 bits per heavy atom. The Hall–Kier alpha value is -0.123. The Bertz CT molecular complexity index is 287. The molecule has 18 heavy (non-hydrogen) atoms. The molecule has 0 unspecified atom stereocenters. The molecule has 106 valence electrons. The molecule has 2 nitrogen and oxygen atoms in total. The Kier molecular flexibility index (Phi) is 5.21. The summed E-state index contributed by atoms with van der Waals surface area (Å²) in [6.07, 6.45) is 3.80. The first-order chi connectivity index (χ1) is 8.15. The van der Waals surface area contributed by atoms with Crippen LogP contribution in [0, 0.1) is 0 Å². The molecule has 0 aromatic rings. The monoisotopic (exact) mass is 270 g/mol. The first-order valence-corrected chi connectivity index (χ1v) is 10.0. The molecular weight excluding hydrogens is 240 g/mol. The van der Waals surface area contributed by atoms with Crippen molar-refractivity contribution >= 4 is 8.32 Å². The van der Waals surface area contributed by atoms with Gasteiger partial charge in [0.1, 0.15) is 0 Å². The summed E-state index contributed by atoms with van der Waals surface area (Å²) in [7, 11) is -1.68. The number of ether oxygens (including phenoxy) is 1. The summed E-state index contributed by atoms with van der Waals surface area (Å²) in [4.78, 5) is 0. The highest BCUT2D eigenvalue weighted by atomic mass is 28.4. The fraction of sp³-hybridized carbons (Fsp3) is 0.867. The lowest BCUT2D eigenvalue weighted by Gasteiger charge is -2.39. The Labute approximate surface area is 114 Å². The van der Waals surface area contributed by atoms with Crippen molar-refractivity contribution < 1.29 is 9.16 Å². The molecule has 1 saturated heterocycles. The third-order valence-corrected chi connectivity index (χ3v) is 8.75. The van der Waals surface area contributed by atoms with Crippen molar-refractivity contribution in [3.8, 4) is 0 Å². The van der Waals surface area contributed by atoms with Gasteiger partial charge in [0, 0.05) is 6.42 Å². The minimum absolute atomic E-state index is 0.267. The van der Waals surface area contributed by atoms with Gasteiger partial charge in [-0.1, -0.05) is 39.8 Å². The lowest BCUT2D eigenvalue weighted by Crippen LogP contribution is -2.44. The predicted molar refractivity (Wildman–Crippen MR) is 80.5 cm³/mol. The van der Waals surface area contributed by atoms with Crippen molar-refractivity contribution in [2.75, 3.05) is 6.61 Å². The van der Waals surface area contributed by atoms with E-state index >= 15 is 0 Å². The standard InChI is InChI=1S/C15H30O2Si/c1-8-12(2)9-13(10-14-11-16-14)17-18(6,7)15(3,4)5/h13-14H,2,8-11H2,1,3-7H3/t13-,14+/m1/s1. The van der Waals surface area contributed by atoms with Crippen LogP contribution in [0.25, 0.3) is 0 Å². The van der Waals surface area contributed by atoms with Crippen LogP contribution in [-0.4, -0.2) is 27.1 Å². The van der Waals surface area contributed by atoms with Crippen LogP contribution in [0.3, 0.4) is 0 Å². The van der Waals surface area contributed by atoms with Gasteiger partial charge in [-0.3, -0.25) is 0 Å². The third kappa shape index (κ3) is 4.86. The normalized spacial score (nSPS) is 21.8. The summed E-state index contributed by atoms with van der Waals surface area (Å²) >= 11 is 0.